The Kier molecular flexibility index (Phi) is 5.08. The molecule has 1 amide bonds. The number of fused-ring (bicyclic) bond motifs is 3. The Labute approximate surface area is 184 Å². The Morgan fingerprint density at radius 2 is 1.84 bits per heavy atom. The fourth-order valence-corrected chi connectivity index (χ4v) is 4.21. The van der Waals surface area contributed by atoms with Crippen molar-refractivity contribution in [1.29, 1.82) is 0 Å². The summed E-state index contributed by atoms with van der Waals surface area (Å²) in [7, 11) is 2.09. The summed E-state index contributed by atoms with van der Waals surface area (Å²) in [6.45, 7) is 3.74. The number of rotatable bonds is 2. The number of anilines is 1. The van der Waals surface area contributed by atoms with Crippen molar-refractivity contribution in [2.45, 2.75) is 0 Å². The van der Waals surface area contributed by atoms with E-state index in [1.807, 2.05) is 6.20 Å². The molecule has 3 heterocycles. The monoisotopic (exact) mass is 437 g/mol. The first-order chi connectivity index (χ1) is 15.0. The molecule has 5 rings (SSSR count). The van der Waals surface area contributed by atoms with Gasteiger partial charge in [0.1, 0.15) is 17.3 Å². The molecule has 3 aliphatic rings. The van der Waals surface area contributed by atoms with Gasteiger partial charge >= 0.3 is 0 Å². The van der Waals surface area contributed by atoms with Crippen LogP contribution >= 0.6 is 11.6 Å². The smallest absolute Gasteiger partial charge is 0.284 e. The van der Waals surface area contributed by atoms with E-state index in [-0.39, 0.29) is 18.3 Å². The van der Waals surface area contributed by atoms with Gasteiger partial charge in [-0.1, -0.05) is 23.7 Å². The molecule has 0 aromatic heterocycles. The molecule has 31 heavy (non-hydrogen) atoms. The van der Waals surface area contributed by atoms with Gasteiger partial charge in [-0.25, -0.2) is 9.38 Å². The van der Waals surface area contributed by atoms with Crippen LogP contribution in [-0.4, -0.2) is 67.0 Å². The molecule has 0 N–H and O–H groups in total. The lowest BCUT2D eigenvalue weighted by molar-refractivity contribution is -0.114. The van der Waals surface area contributed by atoms with Crippen LogP contribution < -0.4 is 4.90 Å². The van der Waals surface area contributed by atoms with E-state index in [1.54, 1.807) is 41.3 Å². The number of carbonyl (C=O) groups is 1. The van der Waals surface area contributed by atoms with Crippen molar-refractivity contribution in [3.63, 3.8) is 0 Å². The third-order valence-corrected chi connectivity index (χ3v) is 5.97. The van der Waals surface area contributed by atoms with Gasteiger partial charge in [-0.2, -0.15) is 0 Å². The molecule has 0 saturated carbocycles. The summed E-state index contributed by atoms with van der Waals surface area (Å²) in [4.78, 5) is 28.5. The molecule has 8 heteroatoms. The molecule has 2 aromatic carbocycles. The Hall–Kier alpha value is -3.03. The van der Waals surface area contributed by atoms with Crippen LogP contribution in [-0.2, 0) is 4.79 Å². The fraction of sp³-hybridized carbons (Fsp3) is 0.261. The number of hydrogen-bond donors (Lipinski definition) is 0. The van der Waals surface area contributed by atoms with Crippen molar-refractivity contribution >= 4 is 34.7 Å². The van der Waals surface area contributed by atoms with Gasteiger partial charge in [0.05, 0.1) is 17.9 Å². The van der Waals surface area contributed by atoms with Crippen molar-refractivity contribution in [3.05, 3.63) is 76.3 Å². The van der Waals surface area contributed by atoms with Crippen LogP contribution in [0.2, 0.25) is 5.02 Å². The molecule has 0 radical (unpaired) electrons. The van der Waals surface area contributed by atoms with E-state index in [2.05, 4.69) is 26.8 Å². The van der Waals surface area contributed by atoms with Crippen LogP contribution in [0.15, 0.2) is 64.3 Å². The number of carbonyl (C=O) groups excluding carboxylic acids is 1. The van der Waals surface area contributed by atoms with Crippen molar-refractivity contribution in [2.75, 3.05) is 44.7 Å². The lowest BCUT2D eigenvalue weighted by Crippen LogP contribution is -2.42. The number of piperazine rings is 1. The van der Waals surface area contributed by atoms with Gasteiger partial charge in [0.15, 0.2) is 0 Å². The van der Waals surface area contributed by atoms with Crippen LogP contribution in [0.25, 0.3) is 0 Å². The number of amidine groups is 1. The highest BCUT2D eigenvalue weighted by atomic mass is 35.5. The zero-order valence-corrected chi connectivity index (χ0v) is 17.8. The predicted octanol–water partition coefficient (Wildman–Crippen LogP) is 3.16. The van der Waals surface area contributed by atoms with Gasteiger partial charge < -0.3 is 9.80 Å². The van der Waals surface area contributed by atoms with Crippen molar-refractivity contribution in [3.8, 4) is 0 Å². The number of aliphatic imine (C=N–C) groups is 2. The Bertz CT molecular complexity index is 1150. The molecule has 3 aliphatic heterocycles. The lowest BCUT2D eigenvalue weighted by Gasteiger charge is -2.31. The first-order valence-corrected chi connectivity index (χ1v) is 10.5. The summed E-state index contributed by atoms with van der Waals surface area (Å²) in [6, 6.07) is 11.7. The molecule has 1 fully saturated rings. The van der Waals surface area contributed by atoms with Crippen LogP contribution in [0.1, 0.15) is 11.1 Å². The molecule has 0 unspecified atom stereocenters. The molecular formula is C23H21ClFN5O. The minimum absolute atomic E-state index is 0.168. The number of hydrogen-bond acceptors (Lipinski definition) is 5. The van der Waals surface area contributed by atoms with Gasteiger partial charge in [0.2, 0.25) is 0 Å². The summed E-state index contributed by atoms with van der Waals surface area (Å²) < 4.78 is 14.6. The first kappa shape index (κ1) is 19.9. The molecule has 0 atom stereocenters. The van der Waals surface area contributed by atoms with Crippen LogP contribution in [0.5, 0.6) is 0 Å². The van der Waals surface area contributed by atoms with Crippen LogP contribution in [0.4, 0.5) is 10.1 Å². The Balaban J connectivity index is 1.58. The van der Waals surface area contributed by atoms with Gasteiger partial charge in [0, 0.05) is 48.5 Å². The van der Waals surface area contributed by atoms with E-state index in [1.165, 1.54) is 6.07 Å². The average molecular weight is 438 g/mol. The molecular weight excluding hydrogens is 417 g/mol. The highest BCUT2D eigenvalue weighted by Gasteiger charge is 2.36. The summed E-state index contributed by atoms with van der Waals surface area (Å²) in [5, 5.41) is 0.489. The molecule has 6 nitrogen and oxygen atoms in total. The SMILES string of the molecule is CN1CCN(C=C2N=C3CN=C(c4ccccc4F)c4cc(Cl)ccc4N3C2=O)CC1. The Morgan fingerprint density at radius 3 is 2.61 bits per heavy atom. The molecule has 0 aliphatic carbocycles. The van der Waals surface area contributed by atoms with Crippen molar-refractivity contribution in [2.24, 2.45) is 9.98 Å². The summed E-state index contributed by atoms with van der Waals surface area (Å²) in [6.07, 6.45) is 1.84. The number of likely N-dealkylation sites (N-methyl/N-ethyl adjacent to an activating group) is 1. The summed E-state index contributed by atoms with van der Waals surface area (Å²) in [5.74, 6) is -0.0547. The third-order valence-electron chi connectivity index (χ3n) is 5.73. The summed E-state index contributed by atoms with van der Waals surface area (Å²) >= 11 is 6.27. The van der Waals surface area contributed by atoms with Crippen molar-refractivity contribution < 1.29 is 9.18 Å². The maximum atomic E-state index is 14.6. The van der Waals surface area contributed by atoms with Crippen molar-refractivity contribution in [1.82, 2.24) is 9.80 Å². The van der Waals surface area contributed by atoms with E-state index < -0.39 is 0 Å². The Morgan fingerprint density at radius 1 is 1.06 bits per heavy atom. The largest absolute Gasteiger partial charge is 0.373 e. The fourth-order valence-electron chi connectivity index (χ4n) is 4.04. The highest BCUT2D eigenvalue weighted by molar-refractivity contribution is 6.34. The van der Waals surface area contributed by atoms with E-state index in [4.69, 9.17) is 11.6 Å². The molecule has 2 aromatic rings. The third kappa shape index (κ3) is 3.64. The second kappa shape index (κ2) is 7.90. The van der Waals surface area contributed by atoms with E-state index in [0.717, 1.165) is 26.2 Å². The first-order valence-electron chi connectivity index (χ1n) is 10.2. The second-order valence-corrected chi connectivity index (χ2v) is 8.26. The zero-order chi connectivity index (χ0) is 21.5. The van der Waals surface area contributed by atoms with Gasteiger partial charge in [-0.3, -0.25) is 14.7 Å². The molecule has 158 valence electrons. The standard InChI is InChI=1S/C23H21ClFN5O/c1-28-8-10-29(11-9-28)14-19-23(31)30-20-7-6-15(24)12-17(20)22(26-13-21(30)27-19)16-4-2-3-5-18(16)25/h2-7,12,14H,8-11,13H2,1H3. The maximum absolute atomic E-state index is 14.6. The molecule has 0 bridgehead atoms. The average Bonchev–Trinajstić information content (AvgIpc) is 2.97. The van der Waals surface area contributed by atoms with Crippen LogP contribution in [0.3, 0.4) is 0 Å². The number of amides is 1. The van der Waals surface area contributed by atoms with E-state index >= 15 is 0 Å². The lowest BCUT2D eigenvalue weighted by atomic mass is 9.99. The minimum Gasteiger partial charge on any atom is -0.373 e. The quantitative estimate of drug-likeness (QED) is 0.678. The highest BCUT2D eigenvalue weighted by Crippen LogP contribution is 2.34. The van der Waals surface area contributed by atoms with Gasteiger partial charge in [0.25, 0.3) is 5.91 Å². The zero-order valence-electron chi connectivity index (χ0n) is 17.1. The normalized spacial score (nSPS) is 20.4. The van der Waals surface area contributed by atoms with Gasteiger partial charge in [-0.15, -0.1) is 0 Å². The maximum Gasteiger partial charge on any atom is 0.284 e. The topological polar surface area (TPSA) is 51.5 Å². The number of halogens is 2. The number of nitrogens with zero attached hydrogens (tertiary/aromatic N) is 5. The molecule has 1 saturated heterocycles. The van der Waals surface area contributed by atoms with Gasteiger partial charge in [-0.05, 0) is 37.4 Å². The predicted molar refractivity (Wildman–Crippen MR) is 120 cm³/mol. The van der Waals surface area contributed by atoms with E-state index in [0.29, 0.717) is 39.1 Å². The molecule has 0 spiro atoms. The van der Waals surface area contributed by atoms with Crippen LogP contribution in [0, 0.1) is 5.82 Å². The van der Waals surface area contributed by atoms with E-state index in [9.17, 15) is 9.18 Å². The summed E-state index contributed by atoms with van der Waals surface area (Å²) in [5.41, 5.74) is 2.44. The number of benzene rings is 2. The minimum atomic E-state index is -0.377. The second-order valence-electron chi connectivity index (χ2n) is 7.83.